The largest absolute Gasteiger partial charge is 0.493 e. The zero-order valence-electron chi connectivity index (χ0n) is 23.6. The zero-order chi connectivity index (χ0) is 27.9. The van der Waals surface area contributed by atoms with E-state index in [1.165, 1.54) is 40.6 Å². The molecule has 0 radical (unpaired) electrons. The number of fused-ring (bicyclic) bond motifs is 1. The maximum atomic E-state index is 13.6. The maximum absolute atomic E-state index is 13.6. The Morgan fingerprint density at radius 3 is 2.38 bits per heavy atom. The standard InChI is InChI=1S/C28H42N4O7/c1-36-14-8-13-31(18-19-9-7-12-30-11-6-5-10-22(19)30)25(33)17-21-27(34)32(28(35)29-21)20-15-23(37-2)26(39-4)24(16-20)38-3/h15-16,19,21-22H,5-14,17-18H2,1-4H3,(H,29,35)/t19-,21-,22+/m0/s1. The number of imide groups is 1. The zero-order valence-corrected chi connectivity index (χ0v) is 23.6. The van der Waals surface area contributed by atoms with Crippen LogP contribution in [-0.2, 0) is 14.3 Å². The summed E-state index contributed by atoms with van der Waals surface area (Å²) in [5.41, 5.74) is 0.276. The maximum Gasteiger partial charge on any atom is 0.329 e. The summed E-state index contributed by atoms with van der Waals surface area (Å²) in [6.07, 6.45) is 6.50. The van der Waals surface area contributed by atoms with Gasteiger partial charge >= 0.3 is 6.03 Å². The van der Waals surface area contributed by atoms with Crippen molar-refractivity contribution in [3.05, 3.63) is 12.1 Å². The first-order valence-corrected chi connectivity index (χ1v) is 13.9. The van der Waals surface area contributed by atoms with Crippen molar-refractivity contribution in [2.24, 2.45) is 5.92 Å². The fraction of sp³-hybridized carbons (Fsp3) is 0.679. The van der Waals surface area contributed by atoms with E-state index in [1.54, 1.807) is 19.2 Å². The minimum absolute atomic E-state index is 0.0976. The minimum atomic E-state index is -0.952. The number of carbonyl (C=O) groups excluding carboxylic acids is 3. The molecule has 0 aromatic heterocycles. The topological polar surface area (TPSA) is 110 Å². The van der Waals surface area contributed by atoms with Crippen LogP contribution >= 0.6 is 0 Å². The van der Waals surface area contributed by atoms with Gasteiger partial charge in [0.1, 0.15) is 6.04 Å². The first-order valence-electron chi connectivity index (χ1n) is 13.9. The van der Waals surface area contributed by atoms with Crippen molar-refractivity contribution in [1.29, 1.82) is 0 Å². The number of methoxy groups -OCH3 is 4. The molecule has 1 aromatic rings. The van der Waals surface area contributed by atoms with Crippen LogP contribution in [0.2, 0.25) is 0 Å². The number of hydrogen-bond acceptors (Lipinski definition) is 8. The number of piperidine rings is 2. The van der Waals surface area contributed by atoms with Crippen molar-refractivity contribution in [2.45, 2.75) is 57.0 Å². The van der Waals surface area contributed by atoms with Gasteiger partial charge in [-0.2, -0.15) is 0 Å². The first-order chi connectivity index (χ1) is 18.9. The molecule has 1 aromatic carbocycles. The van der Waals surface area contributed by atoms with Gasteiger partial charge in [0.05, 0.1) is 33.4 Å². The summed E-state index contributed by atoms with van der Waals surface area (Å²) in [6.45, 7) is 4.05. The predicted molar refractivity (Wildman–Crippen MR) is 146 cm³/mol. The highest BCUT2D eigenvalue weighted by Crippen LogP contribution is 2.41. The first kappa shape index (κ1) is 28.9. The average Bonchev–Trinajstić information content (AvgIpc) is 3.23. The summed E-state index contributed by atoms with van der Waals surface area (Å²) in [4.78, 5) is 45.4. The van der Waals surface area contributed by atoms with Gasteiger partial charge in [0, 0.05) is 45.0 Å². The lowest BCUT2D eigenvalue weighted by atomic mass is 9.83. The number of benzene rings is 1. The van der Waals surface area contributed by atoms with E-state index in [9.17, 15) is 14.4 Å². The number of hydrogen-bond donors (Lipinski definition) is 1. The molecule has 4 rings (SSSR count). The van der Waals surface area contributed by atoms with Crippen molar-refractivity contribution in [3.8, 4) is 17.2 Å². The molecule has 11 nitrogen and oxygen atoms in total. The van der Waals surface area contributed by atoms with Gasteiger partial charge in [-0.25, -0.2) is 9.69 Å². The Balaban J connectivity index is 1.48. The fourth-order valence-electron chi connectivity index (χ4n) is 6.20. The van der Waals surface area contributed by atoms with E-state index in [1.807, 2.05) is 4.90 Å². The van der Waals surface area contributed by atoms with Gasteiger partial charge in [0.15, 0.2) is 11.5 Å². The third-order valence-corrected chi connectivity index (χ3v) is 8.12. The highest BCUT2D eigenvalue weighted by molar-refractivity contribution is 6.22. The highest BCUT2D eigenvalue weighted by atomic mass is 16.5. The summed E-state index contributed by atoms with van der Waals surface area (Å²) in [7, 11) is 6.06. The number of carbonyl (C=O) groups is 3. The van der Waals surface area contributed by atoms with Crippen LogP contribution in [0.5, 0.6) is 17.2 Å². The van der Waals surface area contributed by atoms with Crippen molar-refractivity contribution in [2.75, 3.05) is 66.1 Å². The number of anilines is 1. The van der Waals surface area contributed by atoms with E-state index < -0.39 is 18.0 Å². The fourth-order valence-corrected chi connectivity index (χ4v) is 6.20. The van der Waals surface area contributed by atoms with E-state index in [4.69, 9.17) is 18.9 Å². The molecule has 39 heavy (non-hydrogen) atoms. The molecule has 11 heteroatoms. The van der Waals surface area contributed by atoms with Crippen LogP contribution in [0.3, 0.4) is 0 Å². The summed E-state index contributed by atoms with van der Waals surface area (Å²) >= 11 is 0. The third kappa shape index (κ3) is 6.41. The van der Waals surface area contributed by atoms with Crippen LogP contribution in [0, 0.1) is 5.92 Å². The van der Waals surface area contributed by atoms with Gasteiger partial charge in [-0.3, -0.25) is 9.59 Å². The molecule has 216 valence electrons. The number of rotatable bonds is 12. The lowest BCUT2D eigenvalue weighted by Crippen LogP contribution is -2.52. The molecule has 0 unspecified atom stereocenters. The molecule has 0 bridgehead atoms. The Morgan fingerprint density at radius 2 is 1.72 bits per heavy atom. The van der Waals surface area contributed by atoms with Crippen molar-refractivity contribution >= 4 is 23.5 Å². The Hall–Kier alpha value is -3.05. The minimum Gasteiger partial charge on any atom is -0.493 e. The van der Waals surface area contributed by atoms with E-state index >= 15 is 0 Å². The monoisotopic (exact) mass is 546 g/mol. The number of urea groups is 1. The molecule has 3 aliphatic rings. The molecule has 4 amide bonds. The Morgan fingerprint density at radius 1 is 1.00 bits per heavy atom. The van der Waals surface area contributed by atoms with E-state index in [-0.39, 0.29) is 18.0 Å². The number of amides is 4. The summed E-state index contributed by atoms with van der Waals surface area (Å²) in [5.74, 6) is 0.782. The molecule has 3 heterocycles. The van der Waals surface area contributed by atoms with Gasteiger partial charge < -0.3 is 34.1 Å². The van der Waals surface area contributed by atoms with Crippen LogP contribution < -0.4 is 24.4 Å². The second-order valence-corrected chi connectivity index (χ2v) is 10.5. The SMILES string of the molecule is COCCCN(C[C@@H]1CCCN2CCCC[C@H]12)C(=O)C[C@@H]1NC(=O)N(c2cc(OC)c(OC)c(OC)c2)C1=O. The molecule has 3 aliphatic heterocycles. The summed E-state index contributed by atoms with van der Waals surface area (Å²) < 4.78 is 21.3. The lowest BCUT2D eigenvalue weighted by Gasteiger charge is -2.45. The van der Waals surface area contributed by atoms with Crippen molar-refractivity contribution < 1.29 is 33.3 Å². The summed E-state index contributed by atoms with van der Waals surface area (Å²) in [5, 5.41) is 2.70. The Kier molecular flexibility index (Phi) is 9.90. The Bertz CT molecular complexity index is 1010. The molecular formula is C28H42N4O7. The van der Waals surface area contributed by atoms with Crippen molar-refractivity contribution in [1.82, 2.24) is 15.1 Å². The molecular weight excluding hydrogens is 504 g/mol. The molecule has 3 atom stereocenters. The van der Waals surface area contributed by atoms with Crippen LogP contribution in [-0.4, -0.2) is 101 Å². The van der Waals surface area contributed by atoms with E-state index in [2.05, 4.69) is 10.2 Å². The third-order valence-electron chi connectivity index (χ3n) is 8.12. The molecule has 0 aliphatic carbocycles. The molecule has 3 fully saturated rings. The predicted octanol–water partition coefficient (Wildman–Crippen LogP) is 2.66. The van der Waals surface area contributed by atoms with Crippen LogP contribution in [0.25, 0.3) is 0 Å². The van der Waals surface area contributed by atoms with Gasteiger partial charge in [0.25, 0.3) is 5.91 Å². The molecule has 3 saturated heterocycles. The normalized spacial score (nSPS) is 23.3. The second kappa shape index (κ2) is 13.3. The highest BCUT2D eigenvalue weighted by Gasteiger charge is 2.42. The quantitative estimate of drug-likeness (QED) is 0.315. The number of ether oxygens (including phenoxy) is 4. The van der Waals surface area contributed by atoms with Crippen LogP contribution in [0.15, 0.2) is 12.1 Å². The Labute approximate surface area is 230 Å². The van der Waals surface area contributed by atoms with Gasteiger partial charge in [-0.1, -0.05) is 6.42 Å². The van der Waals surface area contributed by atoms with Crippen LogP contribution in [0.1, 0.15) is 44.9 Å². The van der Waals surface area contributed by atoms with Crippen LogP contribution in [0.4, 0.5) is 10.5 Å². The molecule has 1 N–H and O–H groups in total. The molecule has 0 spiro atoms. The molecule has 0 saturated carbocycles. The van der Waals surface area contributed by atoms with Gasteiger partial charge in [-0.05, 0) is 51.1 Å². The smallest absolute Gasteiger partial charge is 0.329 e. The number of nitrogens with one attached hydrogen (secondary N) is 1. The lowest BCUT2D eigenvalue weighted by molar-refractivity contribution is -0.135. The summed E-state index contributed by atoms with van der Waals surface area (Å²) in [6, 6.07) is 2.04. The van der Waals surface area contributed by atoms with Gasteiger partial charge in [-0.15, -0.1) is 0 Å². The average molecular weight is 547 g/mol. The second-order valence-electron chi connectivity index (χ2n) is 10.5. The van der Waals surface area contributed by atoms with Crippen molar-refractivity contribution in [3.63, 3.8) is 0 Å². The van der Waals surface area contributed by atoms with E-state index in [0.29, 0.717) is 55.3 Å². The van der Waals surface area contributed by atoms with E-state index in [0.717, 1.165) is 30.8 Å². The van der Waals surface area contributed by atoms with Gasteiger partial charge in [0.2, 0.25) is 11.7 Å². The number of nitrogens with zero attached hydrogens (tertiary/aromatic N) is 3.